The van der Waals surface area contributed by atoms with Crippen molar-refractivity contribution < 1.29 is 14.6 Å². The van der Waals surface area contributed by atoms with Crippen LogP contribution in [0.4, 0.5) is 0 Å². The van der Waals surface area contributed by atoms with Crippen molar-refractivity contribution in [3.05, 3.63) is 30.3 Å². The maximum absolute atomic E-state index is 11.2. The second-order valence-electron chi connectivity index (χ2n) is 4.18. The van der Waals surface area contributed by atoms with Crippen molar-refractivity contribution in [2.75, 3.05) is 12.4 Å². The second-order valence-corrected chi connectivity index (χ2v) is 5.27. The van der Waals surface area contributed by atoms with E-state index in [1.807, 2.05) is 37.3 Å². The highest BCUT2D eigenvalue weighted by atomic mass is 32.2. The van der Waals surface area contributed by atoms with E-state index < -0.39 is 6.10 Å². The normalized spacial score (nSPS) is 13.9. The van der Waals surface area contributed by atoms with Crippen molar-refractivity contribution in [2.24, 2.45) is 5.92 Å². The Kier molecular flexibility index (Phi) is 6.83. The smallest absolute Gasteiger partial charge is 0.308 e. The number of carbonyl (C=O) groups excluding carboxylic acids is 1. The van der Waals surface area contributed by atoms with Crippen molar-refractivity contribution in [1.82, 2.24) is 0 Å². The van der Waals surface area contributed by atoms with Gasteiger partial charge in [0.2, 0.25) is 0 Å². The Balaban J connectivity index is 2.31. The molecule has 2 atom stereocenters. The number of rotatable bonds is 7. The molecule has 3 nitrogen and oxygen atoms in total. The number of carbonyl (C=O) groups is 1. The Labute approximate surface area is 113 Å². The first-order chi connectivity index (χ1) is 8.63. The summed E-state index contributed by atoms with van der Waals surface area (Å²) in [4.78, 5) is 12.4. The van der Waals surface area contributed by atoms with Crippen molar-refractivity contribution in [2.45, 2.75) is 31.3 Å². The van der Waals surface area contributed by atoms with Gasteiger partial charge in [-0.2, -0.15) is 0 Å². The molecule has 0 amide bonds. The summed E-state index contributed by atoms with van der Waals surface area (Å²) >= 11 is 1.69. The summed E-state index contributed by atoms with van der Waals surface area (Å²) in [5.74, 6) is 0.506. The van der Waals surface area contributed by atoms with Gasteiger partial charge in [0.05, 0.1) is 19.1 Å². The molecular weight excluding hydrogens is 248 g/mol. The van der Waals surface area contributed by atoms with E-state index >= 15 is 0 Å². The van der Waals surface area contributed by atoms with Crippen LogP contribution in [0.15, 0.2) is 35.2 Å². The van der Waals surface area contributed by atoms with Gasteiger partial charge >= 0.3 is 5.97 Å². The van der Waals surface area contributed by atoms with Crippen LogP contribution in [-0.4, -0.2) is 29.5 Å². The molecule has 0 unspecified atom stereocenters. The molecular formula is C14H20O3S. The zero-order valence-electron chi connectivity index (χ0n) is 10.8. The van der Waals surface area contributed by atoms with Crippen molar-refractivity contribution in [3.63, 3.8) is 0 Å². The fourth-order valence-corrected chi connectivity index (χ4v) is 2.47. The average Bonchev–Trinajstić information content (AvgIpc) is 2.37. The third-order valence-corrected chi connectivity index (χ3v) is 3.89. The van der Waals surface area contributed by atoms with E-state index in [-0.39, 0.29) is 18.3 Å². The van der Waals surface area contributed by atoms with Crippen LogP contribution < -0.4 is 0 Å². The molecule has 1 rings (SSSR count). The summed E-state index contributed by atoms with van der Waals surface area (Å²) in [7, 11) is 0. The molecule has 0 aromatic heterocycles. The van der Waals surface area contributed by atoms with Crippen LogP contribution in [-0.2, 0) is 9.53 Å². The largest absolute Gasteiger partial charge is 0.466 e. The zero-order chi connectivity index (χ0) is 13.4. The predicted molar refractivity (Wildman–Crippen MR) is 73.6 cm³/mol. The van der Waals surface area contributed by atoms with Crippen molar-refractivity contribution in [1.29, 1.82) is 0 Å². The Morgan fingerprint density at radius 3 is 2.67 bits per heavy atom. The van der Waals surface area contributed by atoms with E-state index in [2.05, 4.69) is 0 Å². The molecule has 4 heteroatoms. The number of ether oxygens (including phenoxy) is 1. The SMILES string of the molecule is CCOC(=O)C[C@H](O)[C@H](C)CSc1ccccc1. The van der Waals surface area contributed by atoms with Crippen LogP contribution in [0.3, 0.4) is 0 Å². The van der Waals surface area contributed by atoms with Gasteiger partial charge in [0, 0.05) is 10.6 Å². The quantitative estimate of drug-likeness (QED) is 0.610. The predicted octanol–water partition coefficient (Wildman–Crippen LogP) is 2.73. The van der Waals surface area contributed by atoms with Gasteiger partial charge in [-0.3, -0.25) is 4.79 Å². The number of benzene rings is 1. The van der Waals surface area contributed by atoms with Gasteiger partial charge in [-0.25, -0.2) is 0 Å². The molecule has 1 aromatic rings. The zero-order valence-corrected chi connectivity index (χ0v) is 11.7. The molecule has 0 heterocycles. The van der Waals surface area contributed by atoms with Crippen LogP contribution >= 0.6 is 11.8 Å². The minimum absolute atomic E-state index is 0.0552. The van der Waals surface area contributed by atoms with Gasteiger partial charge in [0.15, 0.2) is 0 Å². The first-order valence-electron chi connectivity index (χ1n) is 6.15. The first kappa shape index (κ1) is 15.1. The Hall–Kier alpha value is -1.00. The average molecular weight is 268 g/mol. The molecule has 0 aliphatic rings. The molecule has 0 fully saturated rings. The number of hydrogen-bond acceptors (Lipinski definition) is 4. The van der Waals surface area contributed by atoms with Gasteiger partial charge < -0.3 is 9.84 Å². The molecule has 0 spiro atoms. The monoisotopic (exact) mass is 268 g/mol. The highest BCUT2D eigenvalue weighted by Gasteiger charge is 2.18. The summed E-state index contributed by atoms with van der Waals surface area (Å²) < 4.78 is 4.82. The maximum atomic E-state index is 11.2. The van der Waals surface area contributed by atoms with Crippen LogP contribution in [0, 0.1) is 5.92 Å². The molecule has 0 radical (unpaired) electrons. The Bertz CT molecular complexity index is 353. The van der Waals surface area contributed by atoms with Crippen LogP contribution in [0.25, 0.3) is 0 Å². The number of thioether (sulfide) groups is 1. The van der Waals surface area contributed by atoms with Crippen molar-refractivity contribution >= 4 is 17.7 Å². The summed E-state index contributed by atoms with van der Waals surface area (Å²) in [6, 6.07) is 10.0. The number of hydrogen-bond donors (Lipinski definition) is 1. The summed E-state index contributed by atoms with van der Waals surface area (Å²) in [6.07, 6.45) is -0.565. The molecule has 0 saturated carbocycles. The highest BCUT2D eigenvalue weighted by Crippen LogP contribution is 2.22. The van der Waals surface area contributed by atoms with Crippen molar-refractivity contribution in [3.8, 4) is 0 Å². The standard InChI is InChI=1S/C14H20O3S/c1-3-17-14(16)9-13(15)11(2)10-18-12-7-5-4-6-8-12/h4-8,11,13,15H,3,9-10H2,1-2H3/t11-,13+/m1/s1. The van der Waals surface area contributed by atoms with Gasteiger partial charge in [0.25, 0.3) is 0 Å². The van der Waals surface area contributed by atoms with E-state index in [0.717, 1.165) is 5.75 Å². The van der Waals surface area contributed by atoms with E-state index in [1.54, 1.807) is 18.7 Å². The van der Waals surface area contributed by atoms with Crippen LogP contribution in [0.2, 0.25) is 0 Å². The topological polar surface area (TPSA) is 46.5 Å². The summed E-state index contributed by atoms with van der Waals surface area (Å²) in [6.45, 7) is 4.07. The van der Waals surface area contributed by atoms with Gasteiger partial charge in [-0.15, -0.1) is 11.8 Å². The molecule has 100 valence electrons. The van der Waals surface area contributed by atoms with Gasteiger partial charge in [0.1, 0.15) is 0 Å². The fourth-order valence-electron chi connectivity index (χ4n) is 1.45. The highest BCUT2D eigenvalue weighted by molar-refractivity contribution is 7.99. The third kappa shape index (κ3) is 5.56. The Morgan fingerprint density at radius 1 is 1.39 bits per heavy atom. The van der Waals surface area contributed by atoms with Gasteiger partial charge in [-0.1, -0.05) is 25.1 Å². The lowest BCUT2D eigenvalue weighted by molar-refractivity contribution is -0.145. The molecule has 1 N–H and O–H groups in total. The molecule has 1 aromatic carbocycles. The lowest BCUT2D eigenvalue weighted by Crippen LogP contribution is -2.24. The second kappa shape index (κ2) is 8.16. The number of aliphatic hydroxyl groups is 1. The summed E-state index contributed by atoms with van der Waals surface area (Å²) in [5, 5.41) is 9.88. The fraction of sp³-hybridized carbons (Fsp3) is 0.500. The summed E-state index contributed by atoms with van der Waals surface area (Å²) in [5.41, 5.74) is 0. The number of esters is 1. The van der Waals surface area contributed by atoms with E-state index in [0.29, 0.717) is 6.61 Å². The molecule has 0 aliphatic carbocycles. The molecule has 0 aliphatic heterocycles. The van der Waals surface area contributed by atoms with E-state index in [9.17, 15) is 9.90 Å². The first-order valence-corrected chi connectivity index (χ1v) is 7.13. The molecule has 0 bridgehead atoms. The third-order valence-electron chi connectivity index (χ3n) is 2.59. The Morgan fingerprint density at radius 2 is 2.06 bits per heavy atom. The minimum atomic E-state index is -0.639. The van der Waals surface area contributed by atoms with Gasteiger partial charge in [-0.05, 0) is 25.0 Å². The van der Waals surface area contributed by atoms with Crippen LogP contribution in [0.5, 0.6) is 0 Å². The maximum Gasteiger partial charge on any atom is 0.308 e. The lowest BCUT2D eigenvalue weighted by atomic mass is 10.0. The number of aliphatic hydroxyl groups excluding tert-OH is 1. The van der Waals surface area contributed by atoms with E-state index in [1.165, 1.54) is 4.90 Å². The molecule has 18 heavy (non-hydrogen) atoms. The minimum Gasteiger partial charge on any atom is -0.466 e. The van der Waals surface area contributed by atoms with Crippen LogP contribution in [0.1, 0.15) is 20.3 Å². The molecule has 0 saturated heterocycles. The lowest BCUT2D eigenvalue weighted by Gasteiger charge is -2.17. The van der Waals surface area contributed by atoms with E-state index in [4.69, 9.17) is 4.74 Å².